The minimum Gasteiger partial charge on any atom is -0.469 e. The van der Waals surface area contributed by atoms with Crippen LogP contribution in [-0.2, 0) is 11.2 Å². The van der Waals surface area contributed by atoms with E-state index in [0.29, 0.717) is 5.92 Å². The molecular formula is C24H40N4O2. The molecule has 2 saturated heterocycles. The maximum absolute atomic E-state index is 5.55. The minimum absolute atomic E-state index is 0.269. The number of aliphatic imine (C=N–C) groups is 1. The number of guanidine groups is 1. The zero-order valence-corrected chi connectivity index (χ0v) is 18.5. The molecule has 0 spiro atoms. The Bertz CT molecular complexity index is 628. The second-order valence-electron chi connectivity index (χ2n) is 9.36. The maximum atomic E-state index is 5.55. The first-order chi connectivity index (χ1) is 14.8. The molecule has 30 heavy (non-hydrogen) atoms. The van der Waals surface area contributed by atoms with E-state index in [1.165, 1.54) is 64.5 Å². The van der Waals surface area contributed by atoms with Gasteiger partial charge in [-0.2, -0.15) is 0 Å². The predicted octanol–water partition coefficient (Wildman–Crippen LogP) is 3.58. The topological polar surface area (TPSA) is 62.0 Å². The Labute approximate surface area is 181 Å². The monoisotopic (exact) mass is 416 g/mol. The van der Waals surface area contributed by atoms with E-state index in [9.17, 15) is 0 Å². The summed E-state index contributed by atoms with van der Waals surface area (Å²) in [7, 11) is 0. The highest BCUT2D eigenvalue weighted by Gasteiger charge is 2.38. The smallest absolute Gasteiger partial charge is 0.191 e. The van der Waals surface area contributed by atoms with Gasteiger partial charge in [-0.25, -0.2) is 0 Å². The fourth-order valence-corrected chi connectivity index (χ4v) is 5.30. The SMILES string of the molecule is c1coc(CCNC(=NCC2(N3CCCCC3)CCCCC2)NCC2CCOC2)c1. The summed E-state index contributed by atoms with van der Waals surface area (Å²) in [6, 6.07) is 3.99. The second-order valence-corrected chi connectivity index (χ2v) is 9.36. The molecule has 3 fully saturated rings. The summed E-state index contributed by atoms with van der Waals surface area (Å²) in [6.07, 6.45) is 14.5. The van der Waals surface area contributed by atoms with Crippen molar-refractivity contribution in [3.05, 3.63) is 24.2 Å². The molecule has 2 aliphatic heterocycles. The summed E-state index contributed by atoms with van der Waals surface area (Å²) in [5, 5.41) is 7.17. The Morgan fingerprint density at radius 3 is 2.67 bits per heavy atom. The molecule has 6 heteroatoms. The number of nitrogens with zero attached hydrogens (tertiary/aromatic N) is 2. The average Bonchev–Trinajstić information content (AvgIpc) is 3.51. The van der Waals surface area contributed by atoms with Crippen molar-refractivity contribution in [1.29, 1.82) is 0 Å². The lowest BCUT2D eigenvalue weighted by Gasteiger charge is -2.47. The lowest BCUT2D eigenvalue weighted by Crippen LogP contribution is -2.55. The van der Waals surface area contributed by atoms with Gasteiger partial charge in [-0.05, 0) is 57.3 Å². The normalized spacial score (nSPS) is 25.3. The molecule has 1 aliphatic carbocycles. The number of furan rings is 1. The van der Waals surface area contributed by atoms with Gasteiger partial charge in [0.2, 0.25) is 0 Å². The van der Waals surface area contributed by atoms with Crippen LogP contribution in [0.2, 0.25) is 0 Å². The first kappa shape index (κ1) is 21.7. The van der Waals surface area contributed by atoms with E-state index in [2.05, 4.69) is 15.5 Å². The van der Waals surface area contributed by atoms with Crippen molar-refractivity contribution in [3.63, 3.8) is 0 Å². The summed E-state index contributed by atoms with van der Waals surface area (Å²) >= 11 is 0. The van der Waals surface area contributed by atoms with Crippen molar-refractivity contribution in [1.82, 2.24) is 15.5 Å². The third-order valence-corrected chi connectivity index (χ3v) is 7.17. The number of nitrogens with one attached hydrogen (secondary N) is 2. The van der Waals surface area contributed by atoms with Crippen LogP contribution in [0.3, 0.4) is 0 Å². The summed E-state index contributed by atoms with van der Waals surface area (Å²) in [5.74, 6) is 2.56. The molecule has 1 saturated carbocycles. The van der Waals surface area contributed by atoms with E-state index in [1.54, 1.807) is 6.26 Å². The summed E-state index contributed by atoms with van der Waals surface area (Å²) in [5.41, 5.74) is 0.269. The van der Waals surface area contributed by atoms with Crippen LogP contribution in [0.5, 0.6) is 0 Å². The largest absolute Gasteiger partial charge is 0.469 e. The minimum atomic E-state index is 0.269. The maximum Gasteiger partial charge on any atom is 0.191 e. The van der Waals surface area contributed by atoms with Gasteiger partial charge in [0.15, 0.2) is 5.96 Å². The van der Waals surface area contributed by atoms with Crippen molar-refractivity contribution < 1.29 is 9.15 Å². The highest BCUT2D eigenvalue weighted by atomic mass is 16.5. The van der Waals surface area contributed by atoms with Crippen LogP contribution in [0.15, 0.2) is 27.8 Å². The standard InChI is InChI=1S/C24H40N4O2/c1-3-11-24(12-4-1,28-14-5-2-6-15-28)20-27-23(26-18-21-10-17-29-19-21)25-13-9-22-8-7-16-30-22/h7-8,16,21H,1-6,9-15,17-20H2,(H2,25,26,27). The lowest BCUT2D eigenvalue weighted by molar-refractivity contribution is 0.0407. The van der Waals surface area contributed by atoms with Gasteiger partial charge in [0.1, 0.15) is 5.76 Å². The van der Waals surface area contributed by atoms with Gasteiger partial charge in [0.05, 0.1) is 19.4 Å². The third-order valence-electron chi connectivity index (χ3n) is 7.17. The van der Waals surface area contributed by atoms with Crippen LogP contribution in [0.4, 0.5) is 0 Å². The lowest BCUT2D eigenvalue weighted by atomic mass is 9.79. The molecular weight excluding hydrogens is 376 g/mol. The molecule has 3 aliphatic rings. The van der Waals surface area contributed by atoms with Gasteiger partial charge in [-0.1, -0.05) is 25.7 Å². The van der Waals surface area contributed by atoms with Crippen LogP contribution in [0, 0.1) is 5.92 Å². The molecule has 1 aromatic rings. The zero-order chi connectivity index (χ0) is 20.5. The molecule has 1 atom stereocenters. The molecule has 1 unspecified atom stereocenters. The van der Waals surface area contributed by atoms with Gasteiger partial charge < -0.3 is 19.8 Å². The molecule has 1 aromatic heterocycles. The van der Waals surface area contributed by atoms with Crippen LogP contribution in [-0.4, -0.2) is 62.3 Å². The van der Waals surface area contributed by atoms with Crippen molar-refractivity contribution in [2.45, 2.75) is 69.7 Å². The van der Waals surface area contributed by atoms with Crippen molar-refractivity contribution in [3.8, 4) is 0 Å². The van der Waals surface area contributed by atoms with Crippen molar-refractivity contribution >= 4 is 5.96 Å². The molecule has 0 radical (unpaired) electrons. The third kappa shape index (κ3) is 6.01. The van der Waals surface area contributed by atoms with Gasteiger partial charge in [0.25, 0.3) is 0 Å². The Morgan fingerprint density at radius 2 is 1.93 bits per heavy atom. The fourth-order valence-electron chi connectivity index (χ4n) is 5.30. The molecule has 0 bridgehead atoms. The molecule has 6 nitrogen and oxygen atoms in total. The molecule has 3 heterocycles. The fraction of sp³-hybridized carbons (Fsp3) is 0.792. The number of piperidine rings is 1. The number of ether oxygens (including phenoxy) is 1. The second kappa shape index (κ2) is 11.2. The Balaban J connectivity index is 1.39. The first-order valence-electron chi connectivity index (χ1n) is 12.2. The molecule has 2 N–H and O–H groups in total. The summed E-state index contributed by atoms with van der Waals surface area (Å²) in [6.45, 7) is 6.94. The van der Waals surface area contributed by atoms with E-state index < -0.39 is 0 Å². The van der Waals surface area contributed by atoms with E-state index in [-0.39, 0.29) is 5.54 Å². The van der Waals surface area contributed by atoms with Gasteiger partial charge in [-0.15, -0.1) is 0 Å². The highest BCUT2D eigenvalue weighted by Crippen LogP contribution is 2.35. The van der Waals surface area contributed by atoms with Crippen LogP contribution >= 0.6 is 0 Å². The molecule has 0 amide bonds. The van der Waals surface area contributed by atoms with Gasteiger partial charge >= 0.3 is 0 Å². The van der Waals surface area contributed by atoms with E-state index in [0.717, 1.165) is 57.4 Å². The van der Waals surface area contributed by atoms with Gasteiger partial charge in [0, 0.05) is 37.6 Å². The van der Waals surface area contributed by atoms with E-state index in [1.807, 2.05) is 12.1 Å². The molecule has 4 rings (SSSR count). The van der Waals surface area contributed by atoms with Gasteiger partial charge in [-0.3, -0.25) is 9.89 Å². The number of hydrogen-bond donors (Lipinski definition) is 2. The number of rotatable bonds is 8. The predicted molar refractivity (Wildman–Crippen MR) is 121 cm³/mol. The molecule has 0 aromatic carbocycles. The quantitative estimate of drug-likeness (QED) is 0.501. The van der Waals surface area contributed by atoms with Crippen LogP contribution < -0.4 is 10.6 Å². The Morgan fingerprint density at radius 1 is 1.10 bits per heavy atom. The van der Waals surface area contributed by atoms with Crippen LogP contribution in [0.1, 0.15) is 63.5 Å². The summed E-state index contributed by atoms with van der Waals surface area (Å²) in [4.78, 5) is 7.94. The first-order valence-corrected chi connectivity index (χ1v) is 12.2. The number of hydrogen-bond acceptors (Lipinski definition) is 4. The Kier molecular flexibility index (Phi) is 8.09. The highest BCUT2D eigenvalue weighted by molar-refractivity contribution is 5.79. The number of likely N-dealkylation sites (tertiary alicyclic amines) is 1. The zero-order valence-electron chi connectivity index (χ0n) is 18.5. The van der Waals surface area contributed by atoms with Crippen LogP contribution in [0.25, 0.3) is 0 Å². The Hall–Kier alpha value is -1.53. The van der Waals surface area contributed by atoms with E-state index in [4.69, 9.17) is 14.1 Å². The summed E-state index contributed by atoms with van der Waals surface area (Å²) < 4.78 is 11.0. The van der Waals surface area contributed by atoms with E-state index >= 15 is 0 Å². The average molecular weight is 417 g/mol. The molecule has 168 valence electrons. The van der Waals surface area contributed by atoms with Crippen molar-refractivity contribution in [2.24, 2.45) is 10.9 Å². The van der Waals surface area contributed by atoms with Crippen molar-refractivity contribution in [2.75, 3.05) is 45.9 Å².